The van der Waals surface area contributed by atoms with E-state index in [1.54, 1.807) is 6.33 Å². The summed E-state index contributed by atoms with van der Waals surface area (Å²) >= 11 is 0. The zero-order valence-corrected chi connectivity index (χ0v) is 45.7. The Morgan fingerprint density at radius 3 is 2.33 bits per heavy atom. The van der Waals surface area contributed by atoms with Crippen LogP contribution in [-0.2, 0) is 25.5 Å². The third-order valence-corrected chi connectivity index (χ3v) is 23.4. The highest BCUT2D eigenvalue weighted by Gasteiger charge is 2.77. The van der Waals surface area contributed by atoms with Crippen LogP contribution in [0, 0.1) is 79.3 Å². The number of hydrogen-bond acceptors (Lipinski definition) is 18. The van der Waals surface area contributed by atoms with E-state index in [-0.39, 0.29) is 50.7 Å². The topological polar surface area (TPSA) is 383 Å². The molecule has 24 atom stereocenters. The van der Waals surface area contributed by atoms with Gasteiger partial charge in [0.2, 0.25) is 5.91 Å². The number of imidazole rings is 2. The number of hydrogen-bond donors (Lipinski definition) is 16. The van der Waals surface area contributed by atoms with Gasteiger partial charge in [-0.3, -0.25) is 9.59 Å². The molecule has 17 N–H and O–H groups in total. The number of allylic oxidation sites excluding steroid dienone is 2. The molecule has 6 fully saturated rings. The largest absolute Gasteiger partial charge is 0.481 e. The van der Waals surface area contributed by atoms with Crippen molar-refractivity contribution in [1.82, 2.24) is 25.3 Å². The maximum absolute atomic E-state index is 15.0. The number of anilines is 1. The number of aromatic amines is 2. The predicted molar refractivity (Wildman–Crippen MR) is 279 cm³/mol. The fraction of sp³-hybridized carbons (Fsp3) is 0.821. The minimum absolute atomic E-state index is 0.00928. The van der Waals surface area contributed by atoms with Crippen molar-refractivity contribution < 1.29 is 75.2 Å². The second-order valence-electron chi connectivity index (χ2n) is 26.6. The van der Waals surface area contributed by atoms with Gasteiger partial charge in [-0.25, -0.2) is 9.97 Å². The summed E-state index contributed by atoms with van der Waals surface area (Å²) in [5.74, 6) is -5.49. The van der Waals surface area contributed by atoms with Gasteiger partial charge in [0.25, 0.3) is 0 Å². The zero-order valence-electron chi connectivity index (χ0n) is 45.7. The number of nitrogens with two attached hydrogens (primary N) is 1. The summed E-state index contributed by atoms with van der Waals surface area (Å²) in [5.41, 5.74) is 1.19. The Hall–Kier alpha value is -3.62. The van der Waals surface area contributed by atoms with E-state index < -0.39 is 160 Å². The van der Waals surface area contributed by atoms with Crippen molar-refractivity contribution >= 4 is 17.7 Å². The van der Waals surface area contributed by atoms with Gasteiger partial charge in [0.05, 0.1) is 67.3 Å². The third kappa shape index (κ3) is 8.25. The van der Waals surface area contributed by atoms with Gasteiger partial charge >= 0.3 is 5.97 Å². The van der Waals surface area contributed by atoms with E-state index in [1.165, 1.54) is 12.5 Å². The highest BCUT2D eigenvalue weighted by molar-refractivity contribution is 5.86. The van der Waals surface area contributed by atoms with Crippen molar-refractivity contribution in [3.63, 3.8) is 0 Å². The van der Waals surface area contributed by atoms with Gasteiger partial charge in [0.15, 0.2) is 6.29 Å². The monoisotopic (exact) mass is 1100 g/mol. The van der Waals surface area contributed by atoms with Crippen LogP contribution in [0.1, 0.15) is 116 Å². The lowest BCUT2D eigenvalue weighted by atomic mass is 9.29. The molecule has 0 unspecified atom stereocenters. The van der Waals surface area contributed by atoms with Gasteiger partial charge in [-0.2, -0.15) is 0 Å². The van der Waals surface area contributed by atoms with Crippen LogP contribution in [0.4, 0.5) is 5.82 Å². The van der Waals surface area contributed by atoms with Crippen LogP contribution in [0.5, 0.6) is 0 Å². The second-order valence-corrected chi connectivity index (χ2v) is 26.6. The molecule has 2 aromatic heterocycles. The molecular formula is C56H87N7O15. The van der Waals surface area contributed by atoms with Crippen LogP contribution in [-0.4, -0.2) is 183 Å². The number of nitrogens with zero attached hydrogens (tertiary/aromatic N) is 2. The van der Waals surface area contributed by atoms with Crippen LogP contribution >= 0.6 is 0 Å². The van der Waals surface area contributed by atoms with Gasteiger partial charge in [-0.05, 0) is 127 Å². The highest BCUT2D eigenvalue weighted by atomic mass is 16.7. The normalized spacial score (nSPS) is 47.0. The Balaban J connectivity index is 1.18. The fourth-order valence-corrected chi connectivity index (χ4v) is 19.2. The Labute approximate surface area is 455 Å². The van der Waals surface area contributed by atoms with Crippen molar-refractivity contribution in [1.29, 1.82) is 0 Å². The lowest BCUT2D eigenvalue weighted by Crippen LogP contribution is -2.74. The number of carboxylic acids is 1. The molecule has 10 rings (SSSR count). The predicted octanol–water partition coefficient (Wildman–Crippen LogP) is 0.473. The van der Waals surface area contributed by atoms with Crippen LogP contribution in [0.15, 0.2) is 30.5 Å². The summed E-state index contributed by atoms with van der Waals surface area (Å²) in [6.07, 6.45) is -2.10. The number of aliphatic carboxylic acids is 1. The number of nitrogens with one attached hydrogen (secondary N) is 4. The lowest BCUT2D eigenvalue weighted by molar-refractivity contribution is -0.341. The zero-order chi connectivity index (χ0) is 56.3. The molecule has 8 aliphatic rings. The molecule has 4 saturated carbocycles. The summed E-state index contributed by atoms with van der Waals surface area (Å²) < 4.78 is 12.6. The standard InChI is InChI=1S/C56H87N7O15/c1-50(22-65)12-13-56(49(75)76)31(18-50)27-7-8-38-52(3,54(27,5)28-16-33-46(62-26-61-33)59-19-32(28)56)11-9-37-51(2,23-66)45(78-47-44(73)43(72)36(69)21-77-47)42(71)30(53(37,38)4)15-29-41(63-48(74)55(29,24-67)10-6-14-64)40(34-20-58-25-60-34)35(68)17-39(57)70/h7,20,25-26,28-32,35-45,47,59,64-73H,6,8-19,21-24,57H2,1-5H3,(H,58,60)(H,61,62)(H,63,74)(H,75,76)/t28-,29-,30-,31+,32+,35-,36-,37-,38+,39+,40+,41-,42-,43+,44-,45-,47+,50+,51+,52-,53+,54+,55-,56-/m1/s1. The average molecular weight is 1100 g/mol. The first-order valence-corrected chi connectivity index (χ1v) is 28.5. The SMILES string of the molecule is C[C@]1(CO)CC[C@@]2(C(=O)O)[C@@H](C1)C1=CC[C@@H]3[C@@]4(C)[C@H](C[C@@H]5[C@H]([C@@H](c6cnc[nH]6)[C@H](O)C[C@@H](N)O)NC(=O)[C@@]5(CO)CCCO)[C@@H](O)[C@@H](O[C@@H]5OC[C@@H](O)[C@H](O)[C@H]5O)[C@@](C)(CO)[C@H]4CC[C@@]3(C)[C@]1(C)[C@@H]1Cc3[nH]cnc3NC[C@@H]12. The van der Waals surface area contributed by atoms with Gasteiger partial charge in [0, 0.05) is 55.4 Å². The van der Waals surface area contributed by atoms with Crippen molar-refractivity contribution in [3.05, 3.63) is 41.9 Å². The lowest BCUT2D eigenvalue weighted by Gasteiger charge is -2.75. The molecule has 78 heavy (non-hydrogen) atoms. The highest BCUT2D eigenvalue weighted by Crippen LogP contribution is 2.79. The molecule has 2 saturated heterocycles. The molecule has 0 radical (unpaired) electrons. The maximum atomic E-state index is 15.0. The van der Waals surface area contributed by atoms with Gasteiger partial charge < -0.3 is 92.0 Å². The Morgan fingerprint density at radius 1 is 0.923 bits per heavy atom. The molecule has 5 heterocycles. The summed E-state index contributed by atoms with van der Waals surface area (Å²) in [5, 5.41) is 133. The molecule has 0 spiro atoms. The van der Waals surface area contributed by atoms with E-state index in [0.29, 0.717) is 63.0 Å². The first-order valence-electron chi connectivity index (χ1n) is 28.5. The van der Waals surface area contributed by atoms with Gasteiger partial charge in [0.1, 0.15) is 30.4 Å². The second kappa shape index (κ2) is 20.7. The van der Waals surface area contributed by atoms with Crippen molar-refractivity contribution in [2.24, 2.45) is 85.1 Å². The van der Waals surface area contributed by atoms with E-state index in [9.17, 15) is 65.8 Å². The summed E-state index contributed by atoms with van der Waals surface area (Å²) in [6, 6.07) is -1.000. The van der Waals surface area contributed by atoms with E-state index in [0.717, 1.165) is 11.3 Å². The molecule has 5 aliphatic carbocycles. The number of carboxylic acid groups (broad SMARTS) is 1. The maximum Gasteiger partial charge on any atom is 0.310 e. The number of H-pyrrole nitrogens is 2. The molecule has 2 aromatic rings. The first kappa shape index (κ1) is 57.6. The Kier molecular flexibility index (Phi) is 15.3. The summed E-state index contributed by atoms with van der Waals surface area (Å²) in [6.45, 7) is 9.02. The van der Waals surface area contributed by atoms with E-state index in [1.807, 2.05) is 13.8 Å². The number of aliphatic hydroxyl groups excluding tert-OH is 10. The molecule has 0 bridgehead atoms. The van der Waals surface area contributed by atoms with Crippen molar-refractivity contribution in [2.45, 2.75) is 166 Å². The molecule has 3 aliphatic heterocycles. The van der Waals surface area contributed by atoms with Crippen LogP contribution < -0.4 is 16.4 Å². The smallest absolute Gasteiger partial charge is 0.310 e. The van der Waals surface area contributed by atoms with E-state index >= 15 is 0 Å². The quantitative estimate of drug-likeness (QED) is 0.0617. The van der Waals surface area contributed by atoms with Crippen LogP contribution in [0.2, 0.25) is 0 Å². The minimum atomic E-state index is -1.75. The molecule has 1 amide bonds. The molecular weight excluding hydrogens is 1010 g/mol. The minimum Gasteiger partial charge on any atom is -0.481 e. The van der Waals surface area contributed by atoms with Crippen LogP contribution in [0.25, 0.3) is 0 Å². The van der Waals surface area contributed by atoms with E-state index in [2.05, 4.69) is 57.4 Å². The summed E-state index contributed by atoms with van der Waals surface area (Å²) in [7, 11) is 0. The molecule has 22 nitrogen and oxygen atoms in total. The fourth-order valence-electron chi connectivity index (χ4n) is 19.2. The number of aliphatic hydroxyl groups is 10. The Bertz CT molecular complexity index is 2540. The number of ether oxygens (including phenoxy) is 2. The number of aromatic nitrogens is 4. The van der Waals surface area contributed by atoms with Crippen LogP contribution in [0.3, 0.4) is 0 Å². The number of carbonyl (C=O) groups excluding carboxylic acids is 1. The van der Waals surface area contributed by atoms with Gasteiger partial charge in [-0.15, -0.1) is 0 Å². The number of rotatable bonds is 16. The van der Waals surface area contributed by atoms with Crippen molar-refractivity contribution in [3.8, 4) is 0 Å². The summed E-state index contributed by atoms with van der Waals surface area (Å²) in [4.78, 5) is 44.8. The molecule has 22 heteroatoms. The van der Waals surface area contributed by atoms with Crippen molar-refractivity contribution in [2.75, 3.05) is 44.9 Å². The molecule has 0 aromatic carbocycles. The number of amides is 1. The Morgan fingerprint density at radius 2 is 1.68 bits per heavy atom. The first-order chi connectivity index (χ1) is 36.9. The number of fused-ring (bicyclic) bond motifs is 11. The van der Waals surface area contributed by atoms with Gasteiger partial charge in [-0.1, -0.05) is 46.3 Å². The van der Waals surface area contributed by atoms with E-state index in [4.69, 9.17) is 15.2 Å². The third-order valence-electron chi connectivity index (χ3n) is 23.4. The number of carbonyl (C=O) groups is 2. The molecule has 436 valence electrons. The average Bonchev–Trinajstić information content (AvgIpc) is 3.90.